The molecule has 0 fully saturated rings. The third-order valence-electron chi connectivity index (χ3n) is 2.87. The monoisotopic (exact) mass is 345 g/mol. The molecule has 20 heavy (non-hydrogen) atoms. The van der Waals surface area contributed by atoms with E-state index < -0.39 is 10.9 Å². The summed E-state index contributed by atoms with van der Waals surface area (Å²) in [7, 11) is 1.58. The number of carbonyl (C=O) groups excluding carboxylic acids is 1. The highest BCUT2D eigenvalue weighted by atomic mass is 79.9. The third-order valence-corrected chi connectivity index (χ3v) is 3.56. The van der Waals surface area contributed by atoms with Crippen LogP contribution in [0.15, 0.2) is 22.7 Å². The first-order chi connectivity index (χ1) is 9.26. The van der Waals surface area contributed by atoms with E-state index >= 15 is 0 Å². The summed E-state index contributed by atoms with van der Waals surface area (Å²) in [6.07, 6.45) is 0.530. The second-order valence-corrected chi connectivity index (χ2v) is 5.63. The number of hydrogen-bond donors (Lipinski definition) is 0. The van der Waals surface area contributed by atoms with E-state index in [2.05, 4.69) is 15.9 Å². The third kappa shape index (κ3) is 4.57. The lowest BCUT2D eigenvalue weighted by molar-refractivity contribution is -0.384. The highest BCUT2D eigenvalue weighted by Crippen LogP contribution is 2.23. The molecule has 1 aromatic rings. The van der Waals surface area contributed by atoms with E-state index in [1.54, 1.807) is 7.11 Å². The number of methoxy groups -OCH3 is 1. The van der Waals surface area contributed by atoms with Gasteiger partial charge in [-0.25, -0.2) is 4.79 Å². The van der Waals surface area contributed by atoms with Gasteiger partial charge in [-0.1, -0.05) is 0 Å². The maximum absolute atomic E-state index is 11.9. The van der Waals surface area contributed by atoms with Crippen LogP contribution >= 0.6 is 15.9 Å². The SMILES string of the molecule is COC(C)(C)CCOC(=O)c1cc([N+](=O)[O-])ccc1Br. The first kappa shape index (κ1) is 16.6. The quantitative estimate of drug-likeness (QED) is 0.448. The molecule has 0 radical (unpaired) electrons. The lowest BCUT2D eigenvalue weighted by atomic mass is 10.1. The molecule has 0 spiro atoms. The van der Waals surface area contributed by atoms with Gasteiger partial charge in [-0.05, 0) is 35.8 Å². The van der Waals surface area contributed by atoms with Crippen LogP contribution in [0.25, 0.3) is 0 Å². The van der Waals surface area contributed by atoms with Crippen LogP contribution in [-0.4, -0.2) is 30.2 Å². The predicted octanol–water partition coefficient (Wildman–Crippen LogP) is 3.33. The van der Waals surface area contributed by atoms with E-state index in [0.29, 0.717) is 10.9 Å². The largest absolute Gasteiger partial charge is 0.462 e. The van der Waals surface area contributed by atoms with Crippen molar-refractivity contribution in [2.45, 2.75) is 25.9 Å². The Morgan fingerprint density at radius 1 is 1.45 bits per heavy atom. The van der Waals surface area contributed by atoms with Crippen LogP contribution in [0.2, 0.25) is 0 Å². The zero-order chi connectivity index (χ0) is 15.3. The van der Waals surface area contributed by atoms with Gasteiger partial charge in [0, 0.05) is 30.1 Å². The average molecular weight is 346 g/mol. The van der Waals surface area contributed by atoms with Gasteiger partial charge >= 0.3 is 5.97 Å². The van der Waals surface area contributed by atoms with Gasteiger partial charge in [0.2, 0.25) is 0 Å². The van der Waals surface area contributed by atoms with Crippen LogP contribution in [0, 0.1) is 10.1 Å². The molecule has 7 heteroatoms. The van der Waals surface area contributed by atoms with Gasteiger partial charge in [-0.3, -0.25) is 10.1 Å². The van der Waals surface area contributed by atoms with Gasteiger partial charge in [0.15, 0.2) is 0 Å². The molecular weight excluding hydrogens is 330 g/mol. The van der Waals surface area contributed by atoms with Crippen molar-refractivity contribution in [1.29, 1.82) is 0 Å². The van der Waals surface area contributed by atoms with Crippen molar-refractivity contribution in [2.24, 2.45) is 0 Å². The standard InChI is InChI=1S/C13H16BrNO5/c1-13(2,19-3)6-7-20-12(16)10-8-9(15(17)18)4-5-11(10)14/h4-5,8H,6-7H2,1-3H3. The summed E-state index contributed by atoms with van der Waals surface area (Å²) < 4.78 is 10.8. The zero-order valence-electron chi connectivity index (χ0n) is 11.5. The predicted molar refractivity (Wildman–Crippen MR) is 76.8 cm³/mol. The van der Waals surface area contributed by atoms with Crippen molar-refractivity contribution in [1.82, 2.24) is 0 Å². The summed E-state index contributed by atoms with van der Waals surface area (Å²) in [6, 6.07) is 3.95. The molecular formula is C13H16BrNO5. The minimum atomic E-state index is -0.604. The summed E-state index contributed by atoms with van der Waals surface area (Å²) in [6.45, 7) is 3.93. The minimum Gasteiger partial charge on any atom is -0.462 e. The summed E-state index contributed by atoms with van der Waals surface area (Å²) in [5.74, 6) is -0.604. The van der Waals surface area contributed by atoms with Crippen LogP contribution in [0.5, 0.6) is 0 Å². The maximum atomic E-state index is 11.9. The lowest BCUT2D eigenvalue weighted by Gasteiger charge is -2.22. The first-order valence-corrected chi connectivity index (χ1v) is 6.72. The lowest BCUT2D eigenvalue weighted by Crippen LogP contribution is -2.25. The van der Waals surface area contributed by atoms with E-state index in [-0.39, 0.29) is 23.5 Å². The summed E-state index contributed by atoms with van der Waals surface area (Å²) >= 11 is 3.18. The Kier molecular flexibility index (Phi) is 5.64. The van der Waals surface area contributed by atoms with Crippen LogP contribution in [0.4, 0.5) is 5.69 Å². The summed E-state index contributed by atoms with van der Waals surface area (Å²) in [4.78, 5) is 22.0. The van der Waals surface area contributed by atoms with Gasteiger partial charge in [0.1, 0.15) is 0 Å². The summed E-state index contributed by atoms with van der Waals surface area (Å²) in [5, 5.41) is 10.7. The Morgan fingerprint density at radius 2 is 2.10 bits per heavy atom. The van der Waals surface area contributed by atoms with E-state index in [0.717, 1.165) is 0 Å². The number of rotatable bonds is 6. The fourth-order valence-electron chi connectivity index (χ4n) is 1.35. The molecule has 0 bridgehead atoms. The molecule has 1 aromatic carbocycles. The molecule has 0 amide bonds. The van der Waals surface area contributed by atoms with Crippen molar-refractivity contribution < 1.29 is 19.2 Å². The first-order valence-electron chi connectivity index (χ1n) is 5.93. The molecule has 0 aromatic heterocycles. The van der Waals surface area contributed by atoms with Crippen LogP contribution < -0.4 is 0 Å². The second kappa shape index (κ2) is 6.81. The van der Waals surface area contributed by atoms with E-state index in [1.165, 1.54) is 18.2 Å². The van der Waals surface area contributed by atoms with Crippen molar-refractivity contribution in [3.63, 3.8) is 0 Å². The molecule has 1 rings (SSSR count). The number of halogens is 1. The number of esters is 1. The molecule has 0 N–H and O–H groups in total. The van der Waals surface area contributed by atoms with Crippen molar-refractivity contribution >= 4 is 27.6 Å². The van der Waals surface area contributed by atoms with Crippen LogP contribution in [0.1, 0.15) is 30.6 Å². The second-order valence-electron chi connectivity index (χ2n) is 4.77. The summed E-state index contributed by atoms with van der Waals surface area (Å²) in [5.41, 5.74) is -0.410. The van der Waals surface area contributed by atoms with E-state index in [9.17, 15) is 14.9 Å². The highest BCUT2D eigenvalue weighted by molar-refractivity contribution is 9.10. The average Bonchev–Trinajstić information content (AvgIpc) is 2.38. The minimum absolute atomic E-state index is 0.134. The maximum Gasteiger partial charge on any atom is 0.339 e. The van der Waals surface area contributed by atoms with Gasteiger partial charge in [0.25, 0.3) is 5.69 Å². The molecule has 0 unspecified atom stereocenters. The number of nitro benzene ring substituents is 1. The Hall–Kier alpha value is -1.47. The normalized spacial score (nSPS) is 11.2. The number of nitrogens with zero attached hydrogens (tertiary/aromatic N) is 1. The number of hydrogen-bond acceptors (Lipinski definition) is 5. The van der Waals surface area contributed by atoms with Crippen molar-refractivity contribution in [3.8, 4) is 0 Å². The smallest absolute Gasteiger partial charge is 0.339 e. The van der Waals surface area contributed by atoms with Crippen LogP contribution in [-0.2, 0) is 9.47 Å². The molecule has 6 nitrogen and oxygen atoms in total. The number of benzene rings is 1. The number of carbonyl (C=O) groups is 1. The Labute approximate surface area is 125 Å². The molecule has 0 saturated carbocycles. The van der Waals surface area contributed by atoms with Crippen molar-refractivity contribution in [3.05, 3.63) is 38.3 Å². The molecule has 0 heterocycles. The number of nitro groups is 1. The zero-order valence-corrected chi connectivity index (χ0v) is 13.1. The van der Waals surface area contributed by atoms with Crippen molar-refractivity contribution in [2.75, 3.05) is 13.7 Å². The molecule has 0 atom stereocenters. The fourth-order valence-corrected chi connectivity index (χ4v) is 1.76. The Morgan fingerprint density at radius 3 is 2.65 bits per heavy atom. The molecule has 110 valence electrons. The van der Waals surface area contributed by atoms with E-state index in [1.807, 2.05) is 13.8 Å². The van der Waals surface area contributed by atoms with Gasteiger partial charge in [-0.2, -0.15) is 0 Å². The number of non-ortho nitro benzene ring substituents is 1. The van der Waals surface area contributed by atoms with Gasteiger partial charge in [-0.15, -0.1) is 0 Å². The van der Waals surface area contributed by atoms with E-state index in [4.69, 9.17) is 9.47 Å². The Balaban J connectivity index is 2.73. The van der Waals surface area contributed by atoms with Gasteiger partial charge in [0.05, 0.1) is 22.7 Å². The molecule has 0 saturated heterocycles. The molecule has 0 aliphatic heterocycles. The van der Waals surface area contributed by atoms with Crippen LogP contribution in [0.3, 0.4) is 0 Å². The highest BCUT2D eigenvalue weighted by Gasteiger charge is 2.20. The fraction of sp³-hybridized carbons (Fsp3) is 0.462. The molecule has 0 aliphatic rings. The number of ether oxygens (including phenoxy) is 2. The molecule has 0 aliphatic carbocycles. The topological polar surface area (TPSA) is 78.7 Å². The Bertz CT molecular complexity index is 515. The van der Waals surface area contributed by atoms with Gasteiger partial charge < -0.3 is 9.47 Å².